The summed E-state index contributed by atoms with van der Waals surface area (Å²) in [7, 11) is 0. The van der Waals surface area contributed by atoms with Crippen LogP contribution in [0.4, 0.5) is 5.69 Å². The highest BCUT2D eigenvalue weighted by molar-refractivity contribution is 9.10. The summed E-state index contributed by atoms with van der Waals surface area (Å²) in [5.74, 6) is 0.625. The van der Waals surface area contributed by atoms with E-state index in [9.17, 15) is 9.59 Å². The van der Waals surface area contributed by atoms with E-state index in [0.29, 0.717) is 41.7 Å². The van der Waals surface area contributed by atoms with Crippen molar-refractivity contribution in [1.29, 1.82) is 0 Å². The zero-order valence-electron chi connectivity index (χ0n) is 19.2. The van der Waals surface area contributed by atoms with Gasteiger partial charge in [0.25, 0.3) is 0 Å². The van der Waals surface area contributed by atoms with Gasteiger partial charge in [0, 0.05) is 21.6 Å². The topological polar surface area (TPSA) is 97.6 Å². The van der Waals surface area contributed by atoms with Crippen molar-refractivity contribution < 1.29 is 18.8 Å². The highest BCUT2D eigenvalue weighted by Crippen LogP contribution is 2.25. The number of aromatic nitrogens is 2. The number of halogens is 1. The number of rotatable bonds is 7. The molecule has 1 saturated heterocycles. The van der Waals surface area contributed by atoms with Crippen LogP contribution in [0.25, 0.3) is 11.4 Å². The predicted molar refractivity (Wildman–Crippen MR) is 131 cm³/mol. The second kappa shape index (κ2) is 10.9. The second-order valence-electron chi connectivity index (χ2n) is 8.26. The third-order valence-electron chi connectivity index (χ3n) is 5.97. The van der Waals surface area contributed by atoms with E-state index in [2.05, 4.69) is 36.3 Å². The number of nitrogens with one attached hydrogen (secondary N) is 1. The molecule has 0 unspecified atom stereocenters. The molecule has 4 rings (SSSR count). The Labute approximate surface area is 206 Å². The minimum absolute atomic E-state index is 0.0286. The first-order valence-electron chi connectivity index (χ1n) is 11.3. The Bertz CT molecular complexity index is 1150. The molecule has 2 heterocycles. The molecule has 1 amide bonds. The Morgan fingerprint density at radius 2 is 1.91 bits per heavy atom. The van der Waals surface area contributed by atoms with E-state index in [1.807, 2.05) is 37.3 Å². The number of piperidine rings is 1. The normalized spacial score (nSPS) is 14.7. The third-order valence-corrected chi connectivity index (χ3v) is 6.50. The van der Waals surface area contributed by atoms with Gasteiger partial charge in [0.05, 0.1) is 18.7 Å². The molecule has 0 aliphatic carbocycles. The summed E-state index contributed by atoms with van der Waals surface area (Å²) < 4.78 is 11.5. The van der Waals surface area contributed by atoms with Gasteiger partial charge < -0.3 is 14.6 Å². The van der Waals surface area contributed by atoms with Gasteiger partial charge in [0.2, 0.25) is 17.6 Å². The SMILES string of the molecule is CCOC(=O)c1cccc(NC(=O)C2CCN(Cc3nc(-c4ccc(Br)cc4)no3)CC2)c1C. The molecule has 1 N–H and O–H groups in total. The van der Waals surface area contributed by atoms with Crippen LogP contribution in [0.3, 0.4) is 0 Å². The second-order valence-corrected chi connectivity index (χ2v) is 9.17. The van der Waals surface area contributed by atoms with E-state index in [0.717, 1.165) is 36.0 Å². The highest BCUT2D eigenvalue weighted by Gasteiger charge is 2.27. The van der Waals surface area contributed by atoms with Gasteiger partial charge in [-0.1, -0.05) is 27.2 Å². The quantitative estimate of drug-likeness (QED) is 0.440. The largest absolute Gasteiger partial charge is 0.462 e. The minimum Gasteiger partial charge on any atom is -0.462 e. The molecule has 8 nitrogen and oxygen atoms in total. The average molecular weight is 527 g/mol. The summed E-state index contributed by atoms with van der Waals surface area (Å²) in [5, 5.41) is 7.08. The molecule has 0 bridgehead atoms. The van der Waals surface area contributed by atoms with Gasteiger partial charge in [-0.25, -0.2) is 4.79 Å². The third kappa shape index (κ3) is 5.71. The number of ether oxygens (including phenoxy) is 1. The highest BCUT2D eigenvalue weighted by atomic mass is 79.9. The first-order valence-corrected chi connectivity index (χ1v) is 12.1. The van der Waals surface area contributed by atoms with Crippen molar-refractivity contribution in [3.05, 3.63) is 64.0 Å². The average Bonchev–Trinajstić information content (AvgIpc) is 3.30. The van der Waals surface area contributed by atoms with Crippen molar-refractivity contribution in [3.8, 4) is 11.4 Å². The predicted octanol–water partition coefficient (Wildman–Crippen LogP) is 4.83. The maximum atomic E-state index is 12.9. The van der Waals surface area contributed by atoms with Gasteiger partial charge in [-0.3, -0.25) is 9.69 Å². The number of hydrogen-bond donors (Lipinski definition) is 1. The fourth-order valence-corrected chi connectivity index (χ4v) is 4.28. The standard InChI is InChI=1S/C25H27BrN4O4/c1-3-33-25(32)20-5-4-6-21(16(20)2)27-24(31)18-11-13-30(14-12-18)15-22-28-23(29-34-22)17-7-9-19(26)10-8-17/h4-10,18H,3,11-15H2,1-2H3,(H,27,31). The summed E-state index contributed by atoms with van der Waals surface area (Å²) in [5.41, 5.74) is 2.72. The van der Waals surface area contributed by atoms with E-state index in [4.69, 9.17) is 9.26 Å². The van der Waals surface area contributed by atoms with E-state index in [-0.39, 0.29) is 17.8 Å². The van der Waals surface area contributed by atoms with Crippen LogP contribution >= 0.6 is 15.9 Å². The zero-order chi connectivity index (χ0) is 24.1. The fraction of sp³-hybridized carbons (Fsp3) is 0.360. The van der Waals surface area contributed by atoms with Gasteiger partial charge >= 0.3 is 5.97 Å². The fourth-order valence-electron chi connectivity index (χ4n) is 4.02. The zero-order valence-corrected chi connectivity index (χ0v) is 20.8. The number of likely N-dealkylation sites (tertiary alicyclic amines) is 1. The monoisotopic (exact) mass is 526 g/mol. The molecule has 0 atom stereocenters. The van der Waals surface area contributed by atoms with Crippen molar-refractivity contribution in [1.82, 2.24) is 15.0 Å². The molecule has 1 aliphatic rings. The lowest BCUT2D eigenvalue weighted by Crippen LogP contribution is -2.38. The number of carbonyl (C=O) groups is 2. The first kappa shape index (κ1) is 24.1. The van der Waals surface area contributed by atoms with Crippen LogP contribution in [0.1, 0.15) is 41.6 Å². The van der Waals surface area contributed by atoms with E-state index in [1.165, 1.54) is 0 Å². The molecule has 178 valence electrons. The van der Waals surface area contributed by atoms with Crippen molar-refractivity contribution in [3.63, 3.8) is 0 Å². The molecule has 1 aliphatic heterocycles. The maximum Gasteiger partial charge on any atom is 0.338 e. The van der Waals surface area contributed by atoms with Crippen LogP contribution in [0.2, 0.25) is 0 Å². The van der Waals surface area contributed by atoms with Crippen LogP contribution < -0.4 is 5.32 Å². The van der Waals surface area contributed by atoms with Gasteiger partial charge in [0.1, 0.15) is 0 Å². The molecular formula is C25H27BrN4O4. The number of esters is 1. The number of hydrogen-bond acceptors (Lipinski definition) is 7. The van der Waals surface area contributed by atoms with Crippen LogP contribution in [0.15, 0.2) is 51.5 Å². The lowest BCUT2D eigenvalue weighted by molar-refractivity contribution is -0.121. The number of carbonyl (C=O) groups excluding carboxylic acids is 2. The maximum absolute atomic E-state index is 12.9. The van der Waals surface area contributed by atoms with Gasteiger partial charge in [-0.05, 0) is 81.7 Å². The molecule has 9 heteroatoms. The van der Waals surface area contributed by atoms with Crippen LogP contribution in [0, 0.1) is 12.8 Å². The van der Waals surface area contributed by atoms with Gasteiger partial charge in [-0.2, -0.15) is 4.98 Å². The van der Waals surface area contributed by atoms with Crippen molar-refractivity contribution in [2.75, 3.05) is 25.0 Å². The lowest BCUT2D eigenvalue weighted by Gasteiger charge is -2.30. The summed E-state index contributed by atoms with van der Waals surface area (Å²) in [4.78, 5) is 31.7. The number of nitrogens with zero attached hydrogens (tertiary/aromatic N) is 3. The van der Waals surface area contributed by atoms with Crippen molar-refractivity contribution in [2.24, 2.45) is 5.92 Å². The Kier molecular flexibility index (Phi) is 7.74. The minimum atomic E-state index is -0.381. The Balaban J connectivity index is 1.30. The summed E-state index contributed by atoms with van der Waals surface area (Å²) in [6, 6.07) is 13.0. The van der Waals surface area contributed by atoms with Crippen LogP contribution in [-0.4, -0.2) is 46.6 Å². The Morgan fingerprint density at radius 1 is 1.18 bits per heavy atom. The molecule has 0 saturated carbocycles. The van der Waals surface area contributed by atoms with Crippen LogP contribution in [-0.2, 0) is 16.1 Å². The summed E-state index contributed by atoms with van der Waals surface area (Å²) >= 11 is 3.42. The molecule has 3 aromatic rings. The van der Waals surface area contributed by atoms with Crippen molar-refractivity contribution >= 4 is 33.5 Å². The Hall–Kier alpha value is -3.04. The first-order chi connectivity index (χ1) is 16.4. The number of amides is 1. The van der Waals surface area contributed by atoms with E-state index < -0.39 is 0 Å². The molecular weight excluding hydrogens is 500 g/mol. The Morgan fingerprint density at radius 3 is 2.62 bits per heavy atom. The van der Waals surface area contributed by atoms with Gasteiger partial charge in [-0.15, -0.1) is 0 Å². The van der Waals surface area contributed by atoms with Crippen molar-refractivity contribution in [2.45, 2.75) is 33.2 Å². The molecule has 0 radical (unpaired) electrons. The number of benzene rings is 2. The molecule has 0 spiro atoms. The lowest BCUT2D eigenvalue weighted by atomic mass is 9.95. The van der Waals surface area contributed by atoms with Gasteiger partial charge in [0.15, 0.2) is 0 Å². The molecule has 1 aromatic heterocycles. The molecule has 34 heavy (non-hydrogen) atoms. The number of anilines is 1. The molecule has 1 fully saturated rings. The smallest absolute Gasteiger partial charge is 0.338 e. The van der Waals surface area contributed by atoms with E-state index >= 15 is 0 Å². The summed E-state index contributed by atoms with van der Waals surface area (Å²) in [6.45, 7) is 5.97. The van der Waals surface area contributed by atoms with Crippen LogP contribution in [0.5, 0.6) is 0 Å². The molecule has 2 aromatic carbocycles. The summed E-state index contributed by atoms with van der Waals surface area (Å²) in [6.07, 6.45) is 1.46. The van der Waals surface area contributed by atoms with E-state index in [1.54, 1.807) is 19.1 Å².